The molecule has 4 rings (SSSR count). The SMILES string of the molecule is CC(Nc1nc(N)ncc1C#N)c1nn2ccc(Cl)c2c(=O)n1-c1cccc(F)c1. The van der Waals surface area contributed by atoms with Crippen LogP contribution in [0.2, 0.25) is 5.02 Å². The number of hydrogen-bond acceptors (Lipinski definition) is 7. The summed E-state index contributed by atoms with van der Waals surface area (Å²) >= 11 is 6.16. The van der Waals surface area contributed by atoms with Gasteiger partial charge in [0.2, 0.25) is 5.95 Å². The summed E-state index contributed by atoms with van der Waals surface area (Å²) in [5.41, 5.74) is 5.76. The molecule has 4 aromatic rings. The average Bonchev–Trinajstić information content (AvgIpc) is 3.09. The summed E-state index contributed by atoms with van der Waals surface area (Å²) < 4.78 is 16.5. The fourth-order valence-corrected chi connectivity index (χ4v) is 3.27. The monoisotopic (exact) mass is 424 g/mol. The lowest BCUT2D eigenvalue weighted by Gasteiger charge is -2.20. The highest BCUT2D eigenvalue weighted by atomic mass is 35.5. The molecule has 0 aliphatic heterocycles. The molecule has 150 valence electrons. The van der Waals surface area contributed by atoms with Crippen LogP contribution in [-0.4, -0.2) is 24.1 Å². The first-order chi connectivity index (χ1) is 14.4. The van der Waals surface area contributed by atoms with E-state index in [0.29, 0.717) is 0 Å². The quantitative estimate of drug-likeness (QED) is 0.515. The van der Waals surface area contributed by atoms with Gasteiger partial charge in [0.05, 0.1) is 22.9 Å². The third kappa shape index (κ3) is 3.31. The lowest BCUT2D eigenvalue weighted by Crippen LogP contribution is -2.29. The van der Waals surface area contributed by atoms with Crippen LogP contribution in [-0.2, 0) is 0 Å². The molecule has 30 heavy (non-hydrogen) atoms. The lowest BCUT2D eigenvalue weighted by atomic mass is 10.2. The molecule has 0 saturated heterocycles. The molecule has 9 nitrogen and oxygen atoms in total. The number of hydrogen-bond donors (Lipinski definition) is 2. The molecule has 0 fully saturated rings. The number of nitrogens with two attached hydrogens (primary N) is 1. The molecule has 1 unspecified atom stereocenters. The van der Waals surface area contributed by atoms with Gasteiger partial charge in [0.15, 0.2) is 5.82 Å². The van der Waals surface area contributed by atoms with E-state index in [1.165, 1.54) is 33.5 Å². The minimum absolute atomic E-state index is 0.0215. The molecule has 0 aliphatic carbocycles. The Morgan fingerprint density at radius 1 is 1.37 bits per heavy atom. The van der Waals surface area contributed by atoms with Crippen molar-refractivity contribution in [3.8, 4) is 11.8 Å². The Bertz CT molecular complexity index is 1370. The zero-order chi connectivity index (χ0) is 21.4. The second-order valence-electron chi connectivity index (χ2n) is 6.40. The van der Waals surface area contributed by atoms with Crippen LogP contribution >= 0.6 is 11.6 Å². The van der Waals surface area contributed by atoms with Crippen molar-refractivity contribution in [3.63, 3.8) is 0 Å². The number of nitrogen functional groups attached to an aromatic ring is 1. The van der Waals surface area contributed by atoms with E-state index in [2.05, 4.69) is 20.4 Å². The molecule has 0 aliphatic rings. The fraction of sp³-hybridized carbons (Fsp3) is 0.105. The van der Waals surface area contributed by atoms with Crippen LogP contribution in [0.25, 0.3) is 11.2 Å². The van der Waals surface area contributed by atoms with Crippen molar-refractivity contribution in [1.82, 2.24) is 24.1 Å². The zero-order valence-corrected chi connectivity index (χ0v) is 16.3. The standard InChI is InChI=1S/C19H14ClFN8O/c1-10(25-16-11(8-22)9-24-19(23)26-16)17-27-28-6-5-14(20)15(28)18(30)29(17)13-4-2-3-12(21)7-13/h2-7,9-10H,1H3,(H3,23,24,25,26). The summed E-state index contributed by atoms with van der Waals surface area (Å²) in [6.45, 7) is 1.72. The van der Waals surface area contributed by atoms with E-state index in [9.17, 15) is 14.4 Å². The summed E-state index contributed by atoms with van der Waals surface area (Å²) in [7, 11) is 0. The van der Waals surface area contributed by atoms with Crippen molar-refractivity contribution in [2.24, 2.45) is 0 Å². The molecule has 0 amide bonds. The number of nitrogens with one attached hydrogen (secondary N) is 1. The van der Waals surface area contributed by atoms with E-state index in [0.717, 1.165) is 0 Å². The first kappa shape index (κ1) is 19.4. The molecule has 3 aromatic heterocycles. The van der Waals surface area contributed by atoms with Gasteiger partial charge >= 0.3 is 0 Å². The van der Waals surface area contributed by atoms with Gasteiger partial charge in [-0.05, 0) is 31.2 Å². The molecule has 3 heterocycles. The predicted octanol–water partition coefficient (Wildman–Crippen LogP) is 2.69. The number of nitriles is 1. The molecule has 0 spiro atoms. The van der Waals surface area contributed by atoms with Gasteiger partial charge in [0, 0.05) is 6.20 Å². The molecule has 0 saturated carbocycles. The van der Waals surface area contributed by atoms with Gasteiger partial charge in [-0.2, -0.15) is 15.3 Å². The predicted molar refractivity (Wildman–Crippen MR) is 109 cm³/mol. The van der Waals surface area contributed by atoms with Gasteiger partial charge in [0.25, 0.3) is 5.56 Å². The van der Waals surface area contributed by atoms with Gasteiger partial charge in [0.1, 0.15) is 28.8 Å². The molecular weight excluding hydrogens is 411 g/mol. The molecule has 0 bridgehead atoms. The van der Waals surface area contributed by atoms with E-state index in [1.54, 1.807) is 25.3 Å². The molecule has 1 atom stereocenters. The number of rotatable bonds is 4. The van der Waals surface area contributed by atoms with Crippen LogP contribution in [0, 0.1) is 17.1 Å². The van der Waals surface area contributed by atoms with Gasteiger partial charge in [-0.15, -0.1) is 0 Å². The maximum Gasteiger partial charge on any atom is 0.284 e. The Balaban J connectivity index is 1.92. The molecule has 1 aromatic carbocycles. The van der Waals surface area contributed by atoms with Crippen molar-refractivity contribution in [1.29, 1.82) is 5.26 Å². The Morgan fingerprint density at radius 2 is 2.17 bits per heavy atom. The summed E-state index contributed by atoms with van der Waals surface area (Å²) in [6, 6.07) is 8.45. The van der Waals surface area contributed by atoms with Crippen molar-refractivity contribution >= 4 is 28.9 Å². The number of halogens is 2. The van der Waals surface area contributed by atoms with Crippen LogP contribution in [0.5, 0.6) is 0 Å². The van der Waals surface area contributed by atoms with Gasteiger partial charge in [-0.3, -0.25) is 9.36 Å². The topological polar surface area (TPSA) is 127 Å². The summed E-state index contributed by atoms with van der Waals surface area (Å²) in [6.07, 6.45) is 2.84. The highest BCUT2D eigenvalue weighted by molar-refractivity contribution is 6.33. The van der Waals surface area contributed by atoms with Crippen LogP contribution in [0.4, 0.5) is 16.2 Å². The third-order valence-corrected chi connectivity index (χ3v) is 4.70. The van der Waals surface area contributed by atoms with Crippen molar-refractivity contribution in [2.45, 2.75) is 13.0 Å². The molecule has 11 heteroatoms. The number of anilines is 2. The van der Waals surface area contributed by atoms with E-state index >= 15 is 0 Å². The Labute approximate surface area is 174 Å². The lowest BCUT2D eigenvalue weighted by molar-refractivity contribution is 0.622. The summed E-state index contributed by atoms with van der Waals surface area (Å²) in [4.78, 5) is 21.1. The minimum atomic E-state index is -0.632. The Kier molecular flexibility index (Phi) is 4.81. The molecular formula is C19H14ClFN8O. The van der Waals surface area contributed by atoms with Crippen molar-refractivity contribution in [2.75, 3.05) is 11.1 Å². The second kappa shape index (κ2) is 7.46. The van der Waals surface area contributed by atoms with Crippen molar-refractivity contribution < 1.29 is 4.39 Å². The highest BCUT2D eigenvalue weighted by Gasteiger charge is 2.21. The minimum Gasteiger partial charge on any atom is -0.368 e. The van der Waals surface area contributed by atoms with E-state index in [-0.39, 0.29) is 39.4 Å². The van der Waals surface area contributed by atoms with Gasteiger partial charge < -0.3 is 11.1 Å². The first-order valence-electron chi connectivity index (χ1n) is 8.74. The first-order valence-corrected chi connectivity index (χ1v) is 9.11. The smallest absolute Gasteiger partial charge is 0.284 e. The summed E-state index contributed by atoms with van der Waals surface area (Å²) in [5.74, 6) is -0.107. The third-order valence-electron chi connectivity index (χ3n) is 4.40. The van der Waals surface area contributed by atoms with Gasteiger partial charge in [-0.25, -0.2) is 13.9 Å². The number of aromatic nitrogens is 5. The van der Waals surface area contributed by atoms with E-state index < -0.39 is 17.4 Å². The van der Waals surface area contributed by atoms with E-state index in [4.69, 9.17) is 17.3 Å². The van der Waals surface area contributed by atoms with Crippen molar-refractivity contribution in [3.05, 3.63) is 75.3 Å². The maximum atomic E-state index is 13.9. The Hall–Kier alpha value is -3.97. The number of nitrogens with zero attached hydrogens (tertiary/aromatic N) is 6. The molecule has 3 N–H and O–H groups in total. The average molecular weight is 425 g/mol. The van der Waals surface area contributed by atoms with Crippen LogP contribution < -0.4 is 16.6 Å². The fourth-order valence-electron chi connectivity index (χ4n) is 3.05. The van der Waals surface area contributed by atoms with Crippen LogP contribution in [0.15, 0.2) is 47.5 Å². The van der Waals surface area contributed by atoms with E-state index in [1.807, 2.05) is 6.07 Å². The second-order valence-corrected chi connectivity index (χ2v) is 6.81. The van der Waals surface area contributed by atoms with Crippen LogP contribution in [0.1, 0.15) is 24.4 Å². The van der Waals surface area contributed by atoms with Gasteiger partial charge in [-0.1, -0.05) is 17.7 Å². The number of benzene rings is 1. The molecule has 0 radical (unpaired) electrons. The Morgan fingerprint density at radius 3 is 2.90 bits per heavy atom. The number of fused-ring (bicyclic) bond motifs is 1. The highest BCUT2D eigenvalue weighted by Crippen LogP contribution is 2.23. The summed E-state index contributed by atoms with van der Waals surface area (Å²) in [5, 5.41) is 17.0. The van der Waals surface area contributed by atoms with Crippen LogP contribution in [0.3, 0.4) is 0 Å². The zero-order valence-electron chi connectivity index (χ0n) is 15.5. The maximum absolute atomic E-state index is 13.9. The normalized spacial score (nSPS) is 11.9. The largest absolute Gasteiger partial charge is 0.368 e.